The molecule has 21 heavy (non-hydrogen) atoms. The molecule has 1 unspecified atom stereocenters. The maximum Gasteiger partial charge on any atom is 0.234 e. The molecule has 0 aliphatic carbocycles. The number of rotatable bonds is 7. The van der Waals surface area contributed by atoms with E-state index in [1.54, 1.807) is 7.11 Å². The maximum atomic E-state index is 11.8. The quantitative estimate of drug-likeness (QED) is 0.745. The molecule has 0 saturated carbocycles. The Labute approximate surface area is 130 Å². The topological polar surface area (TPSA) is 53.6 Å². The number of methoxy groups -OCH3 is 1. The van der Waals surface area contributed by atoms with Crippen LogP contribution in [0.25, 0.3) is 0 Å². The number of carbonyl (C=O) groups is 1. The van der Waals surface area contributed by atoms with Crippen molar-refractivity contribution in [3.8, 4) is 0 Å². The first-order valence-electron chi connectivity index (χ1n) is 7.18. The van der Waals surface area contributed by atoms with E-state index >= 15 is 0 Å². The molecule has 5 nitrogen and oxygen atoms in total. The van der Waals surface area contributed by atoms with E-state index in [1.807, 2.05) is 24.3 Å². The van der Waals surface area contributed by atoms with E-state index in [4.69, 9.17) is 16.3 Å². The van der Waals surface area contributed by atoms with Gasteiger partial charge in [-0.15, -0.1) is 0 Å². The summed E-state index contributed by atoms with van der Waals surface area (Å²) in [6, 6.07) is 8.01. The molecule has 0 spiro atoms. The van der Waals surface area contributed by atoms with Crippen molar-refractivity contribution in [2.24, 2.45) is 0 Å². The number of nitrogens with zero attached hydrogens (tertiary/aromatic N) is 1. The molecule has 2 N–H and O–H groups in total. The summed E-state index contributed by atoms with van der Waals surface area (Å²) in [5.41, 5.74) is 1.11. The molecule has 1 heterocycles. The second-order valence-electron chi connectivity index (χ2n) is 5.15. The third-order valence-corrected chi connectivity index (χ3v) is 3.73. The zero-order valence-corrected chi connectivity index (χ0v) is 13.0. The minimum Gasteiger partial charge on any atom is -0.383 e. The van der Waals surface area contributed by atoms with Gasteiger partial charge in [-0.05, 0) is 24.6 Å². The summed E-state index contributed by atoms with van der Waals surface area (Å²) in [4.78, 5) is 14.1. The molecule has 1 amide bonds. The molecule has 2 rings (SSSR count). The molecule has 0 radical (unpaired) electrons. The van der Waals surface area contributed by atoms with Crippen LogP contribution in [0, 0.1) is 0 Å². The van der Waals surface area contributed by atoms with Gasteiger partial charge in [0.15, 0.2) is 0 Å². The Morgan fingerprint density at radius 2 is 2.38 bits per heavy atom. The minimum absolute atomic E-state index is 0.0315. The number of halogens is 1. The average molecular weight is 312 g/mol. The molecule has 1 fully saturated rings. The van der Waals surface area contributed by atoms with Gasteiger partial charge in [-0.2, -0.15) is 0 Å². The first kappa shape index (κ1) is 16.1. The van der Waals surface area contributed by atoms with Crippen molar-refractivity contribution in [3.63, 3.8) is 0 Å². The lowest BCUT2D eigenvalue weighted by atomic mass is 10.2. The van der Waals surface area contributed by atoms with E-state index in [0.717, 1.165) is 30.2 Å². The Balaban J connectivity index is 1.73. The van der Waals surface area contributed by atoms with Crippen molar-refractivity contribution < 1.29 is 9.53 Å². The monoisotopic (exact) mass is 311 g/mol. The Morgan fingerprint density at radius 1 is 1.52 bits per heavy atom. The van der Waals surface area contributed by atoms with Gasteiger partial charge >= 0.3 is 0 Å². The number of benzene rings is 1. The van der Waals surface area contributed by atoms with Gasteiger partial charge in [0.05, 0.1) is 13.2 Å². The number of ether oxygens (including phenoxy) is 1. The van der Waals surface area contributed by atoms with E-state index in [0.29, 0.717) is 19.7 Å². The van der Waals surface area contributed by atoms with Gasteiger partial charge in [-0.25, -0.2) is 0 Å². The van der Waals surface area contributed by atoms with Crippen LogP contribution in [0.5, 0.6) is 0 Å². The van der Waals surface area contributed by atoms with Crippen LogP contribution >= 0.6 is 11.6 Å². The average Bonchev–Trinajstić information content (AvgIpc) is 2.92. The molecular formula is C15H22ClN3O2. The summed E-state index contributed by atoms with van der Waals surface area (Å²) in [5, 5.41) is 6.83. The number of carbonyl (C=O) groups excluding carboxylic acids is 1. The van der Waals surface area contributed by atoms with Gasteiger partial charge in [0.2, 0.25) is 5.91 Å². The number of anilines is 1. The second-order valence-corrected chi connectivity index (χ2v) is 5.59. The Kier molecular flexibility index (Phi) is 6.29. The summed E-state index contributed by atoms with van der Waals surface area (Å²) >= 11 is 6.01. The predicted molar refractivity (Wildman–Crippen MR) is 85.0 cm³/mol. The van der Waals surface area contributed by atoms with Crippen LogP contribution in [-0.2, 0) is 9.53 Å². The summed E-state index contributed by atoms with van der Waals surface area (Å²) in [7, 11) is 1.64. The van der Waals surface area contributed by atoms with E-state index in [-0.39, 0.29) is 11.9 Å². The van der Waals surface area contributed by atoms with Crippen LogP contribution in [0.3, 0.4) is 0 Å². The Hall–Kier alpha value is -1.30. The number of hydrogen-bond acceptors (Lipinski definition) is 4. The lowest BCUT2D eigenvalue weighted by Gasteiger charge is -2.19. The van der Waals surface area contributed by atoms with Crippen LogP contribution < -0.4 is 15.5 Å². The highest BCUT2D eigenvalue weighted by atomic mass is 35.5. The lowest BCUT2D eigenvalue weighted by Crippen LogP contribution is -2.42. The van der Waals surface area contributed by atoms with Crippen molar-refractivity contribution in [2.75, 3.05) is 44.8 Å². The number of nitrogens with one attached hydrogen (secondary N) is 2. The number of amides is 1. The minimum atomic E-state index is 0.0315. The van der Waals surface area contributed by atoms with Gasteiger partial charge in [0.25, 0.3) is 0 Å². The van der Waals surface area contributed by atoms with Crippen LogP contribution in [0.4, 0.5) is 5.69 Å². The number of hydrogen-bond donors (Lipinski definition) is 2. The summed E-state index contributed by atoms with van der Waals surface area (Å²) < 4.78 is 4.92. The molecule has 116 valence electrons. The lowest BCUT2D eigenvalue weighted by molar-refractivity contribution is -0.120. The summed E-state index contributed by atoms with van der Waals surface area (Å²) in [5.74, 6) is 0.0315. The normalized spacial score (nSPS) is 18.0. The van der Waals surface area contributed by atoms with Crippen LogP contribution in [-0.4, -0.2) is 51.8 Å². The smallest absolute Gasteiger partial charge is 0.234 e. The molecule has 1 saturated heterocycles. The molecular weight excluding hydrogens is 290 g/mol. The van der Waals surface area contributed by atoms with Gasteiger partial charge in [0, 0.05) is 43.5 Å². The highest BCUT2D eigenvalue weighted by molar-refractivity contribution is 6.30. The molecule has 6 heteroatoms. The highest BCUT2D eigenvalue weighted by Crippen LogP contribution is 2.23. The van der Waals surface area contributed by atoms with Gasteiger partial charge in [0.1, 0.15) is 0 Å². The van der Waals surface area contributed by atoms with Gasteiger partial charge in [-0.3, -0.25) is 4.79 Å². The van der Waals surface area contributed by atoms with Crippen molar-refractivity contribution in [3.05, 3.63) is 29.3 Å². The molecule has 0 aromatic heterocycles. The predicted octanol–water partition coefficient (Wildman–Crippen LogP) is 1.27. The fraction of sp³-hybridized carbons (Fsp3) is 0.533. The zero-order valence-electron chi connectivity index (χ0n) is 12.3. The van der Waals surface area contributed by atoms with Crippen molar-refractivity contribution in [1.29, 1.82) is 0 Å². The van der Waals surface area contributed by atoms with Crippen molar-refractivity contribution in [1.82, 2.24) is 10.6 Å². The largest absolute Gasteiger partial charge is 0.383 e. The van der Waals surface area contributed by atoms with Crippen molar-refractivity contribution >= 4 is 23.2 Å². The SMILES string of the molecule is COCCNCC(=O)NC1CCN(c2cccc(Cl)c2)C1. The molecule has 0 bridgehead atoms. The third-order valence-electron chi connectivity index (χ3n) is 3.50. The van der Waals surface area contributed by atoms with Crippen LogP contribution in [0.1, 0.15) is 6.42 Å². The highest BCUT2D eigenvalue weighted by Gasteiger charge is 2.23. The zero-order chi connectivity index (χ0) is 15.1. The fourth-order valence-corrected chi connectivity index (χ4v) is 2.62. The first-order chi connectivity index (χ1) is 10.2. The van der Waals surface area contributed by atoms with E-state index < -0.39 is 0 Å². The van der Waals surface area contributed by atoms with Crippen LogP contribution in [0.2, 0.25) is 5.02 Å². The summed E-state index contributed by atoms with van der Waals surface area (Å²) in [6.45, 7) is 3.38. The van der Waals surface area contributed by atoms with E-state index in [2.05, 4.69) is 15.5 Å². The Morgan fingerprint density at radius 3 is 3.14 bits per heavy atom. The van der Waals surface area contributed by atoms with Crippen molar-refractivity contribution in [2.45, 2.75) is 12.5 Å². The maximum absolute atomic E-state index is 11.8. The fourth-order valence-electron chi connectivity index (χ4n) is 2.44. The molecule has 1 aromatic rings. The molecule has 1 atom stereocenters. The third kappa shape index (κ3) is 5.19. The molecule has 1 aromatic carbocycles. The summed E-state index contributed by atoms with van der Waals surface area (Å²) in [6.07, 6.45) is 0.955. The molecule has 1 aliphatic rings. The van der Waals surface area contributed by atoms with Crippen LogP contribution in [0.15, 0.2) is 24.3 Å². The van der Waals surface area contributed by atoms with Gasteiger partial charge in [-0.1, -0.05) is 17.7 Å². The van der Waals surface area contributed by atoms with E-state index in [9.17, 15) is 4.79 Å². The van der Waals surface area contributed by atoms with E-state index in [1.165, 1.54) is 0 Å². The standard InChI is InChI=1S/C15H22ClN3O2/c1-21-8-6-17-10-15(20)18-13-5-7-19(11-13)14-4-2-3-12(16)9-14/h2-4,9,13,17H,5-8,10-11H2,1H3,(H,18,20). The second kappa shape index (κ2) is 8.22. The first-order valence-corrected chi connectivity index (χ1v) is 7.56. The van der Waals surface area contributed by atoms with Gasteiger partial charge < -0.3 is 20.3 Å². The Bertz CT molecular complexity index is 470. The molecule has 1 aliphatic heterocycles.